The Morgan fingerprint density at radius 1 is 1.44 bits per heavy atom. The Balaban J connectivity index is 2.46. The van der Waals surface area contributed by atoms with Gasteiger partial charge in [-0.3, -0.25) is 0 Å². The number of aromatic nitrogens is 1. The predicted molar refractivity (Wildman–Crippen MR) is 68.0 cm³/mol. The molecule has 0 fully saturated rings. The van der Waals surface area contributed by atoms with Crippen LogP contribution in [0, 0.1) is 0 Å². The fraction of sp³-hybridized carbons (Fsp3) is 0.727. The number of alkyl halides is 3. The maximum Gasteiger partial charge on any atom is 0.390 e. The summed E-state index contributed by atoms with van der Waals surface area (Å²) in [5, 5.41) is 5.71. The first-order valence-corrected chi connectivity index (χ1v) is 6.61. The molecule has 0 amide bonds. The van der Waals surface area contributed by atoms with Crippen molar-refractivity contribution in [2.75, 3.05) is 18.5 Å². The minimum absolute atomic E-state index is 0.0614. The largest absolute Gasteiger partial charge is 0.390 e. The summed E-state index contributed by atoms with van der Waals surface area (Å²) < 4.78 is 36.3. The number of hydrogen-bond acceptors (Lipinski definition) is 4. The van der Waals surface area contributed by atoms with Crippen molar-refractivity contribution in [3.8, 4) is 0 Å². The van der Waals surface area contributed by atoms with E-state index < -0.39 is 12.6 Å². The number of anilines is 1. The Bertz CT molecular complexity index is 363. The Kier molecular flexibility index (Phi) is 5.40. The smallest absolute Gasteiger partial charge is 0.351 e. The summed E-state index contributed by atoms with van der Waals surface area (Å²) in [5.74, 6) is 0. The summed E-state index contributed by atoms with van der Waals surface area (Å²) in [7, 11) is 1.63. The Labute approximate surface area is 109 Å². The van der Waals surface area contributed by atoms with Crippen molar-refractivity contribution in [1.82, 2.24) is 10.3 Å². The van der Waals surface area contributed by atoms with Gasteiger partial charge in [0.15, 0.2) is 5.13 Å². The second kappa shape index (κ2) is 6.38. The van der Waals surface area contributed by atoms with Crippen molar-refractivity contribution in [1.29, 1.82) is 0 Å². The van der Waals surface area contributed by atoms with Crippen LogP contribution in [0.15, 0.2) is 5.38 Å². The zero-order chi connectivity index (χ0) is 13.8. The van der Waals surface area contributed by atoms with Crippen LogP contribution < -0.4 is 10.2 Å². The number of nitrogens with zero attached hydrogens (tertiary/aromatic N) is 2. The van der Waals surface area contributed by atoms with Gasteiger partial charge in [0.1, 0.15) is 0 Å². The third-order valence-electron chi connectivity index (χ3n) is 2.29. The SMILES string of the molecule is CC(C)NCc1csc(N(C)CCC(F)(F)F)n1. The van der Waals surface area contributed by atoms with E-state index in [1.165, 1.54) is 16.2 Å². The molecule has 0 aliphatic heterocycles. The number of halogens is 3. The minimum atomic E-state index is -4.12. The second-order valence-electron chi connectivity index (χ2n) is 4.44. The molecule has 0 saturated carbocycles. The van der Waals surface area contributed by atoms with Gasteiger partial charge in [-0.1, -0.05) is 13.8 Å². The second-order valence-corrected chi connectivity index (χ2v) is 5.28. The molecule has 1 aromatic heterocycles. The van der Waals surface area contributed by atoms with E-state index in [1.54, 1.807) is 7.05 Å². The van der Waals surface area contributed by atoms with Crippen molar-refractivity contribution < 1.29 is 13.2 Å². The molecule has 0 spiro atoms. The van der Waals surface area contributed by atoms with E-state index in [-0.39, 0.29) is 6.54 Å². The van der Waals surface area contributed by atoms with Crippen molar-refractivity contribution in [2.45, 2.75) is 39.0 Å². The first-order chi connectivity index (χ1) is 8.28. The summed E-state index contributed by atoms with van der Waals surface area (Å²) >= 11 is 1.37. The number of rotatable bonds is 6. The lowest BCUT2D eigenvalue weighted by atomic mass is 10.4. The lowest BCUT2D eigenvalue weighted by Crippen LogP contribution is -2.24. The molecule has 0 aliphatic carbocycles. The minimum Gasteiger partial charge on any atom is -0.351 e. The van der Waals surface area contributed by atoms with Gasteiger partial charge in [0.05, 0.1) is 12.1 Å². The highest BCUT2D eigenvalue weighted by Gasteiger charge is 2.27. The van der Waals surface area contributed by atoms with Crippen molar-refractivity contribution in [2.24, 2.45) is 0 Å². The third-order valence-corrected chi connectivity index (χ3v) is 3.29. The van der Waals surface area contributed by atoms with Crippen LogP contribution in [0.5, 0.6) is 0 Å². The van der Waals surface area contributed by atoms with Gasteiger partial charge in [-0.25, -0.2) is 4.98 Å². The summed E-state index contributed by atoms with van der Waals surface area (Å²) in [5.41, 5.74) is 0.863. The molecule has 1 rings (SSSR count). The molecule has 18 heavy (non-hydrogen) atoms. The van der Waals surface area contributed by atoms with E-state index in [9.17, 15) is 13.2 Å². The molecule has 3 nitrogen and oxygen atoms in total. The molecule has 0 aliphatic rings. The summed E-state index contributed by atoms with van der Waals surface area (Å²) in [6.07, 6.45) is -4.93. The molecule has 0 saturated heterocycles. The van der Waals surface area contributed by atoms with Crippen LogP contribution in [-0.4, -0.2) is 30.8 Å². The van der Waals surface area contributed by atoms with Crippen LogP contribution in [0.1, 0.15) is 26.0 Å². The van der Waals surface area contributed by atoms with Gasteiger partial charge < -0.3 is 10.2 Å². The summed E-state index contributed by atoms with van der Waals surface area (Å²) in [6, 6.07) is 0.359. The highest BCUT2D eigenvalue weighted by Crippen LogP contribution is 2.23. The highest BCUT2D eigenvalue weighted by atomic mass is 32.1. The van der Waals surface area contributed by atoms with Gasteiger partial charge in [0.25, 0.3) is 0 Å². The van der Waals surface area contributed by atoms with Crippen molar-refractivity contribution in [3.05, 3.63) is 11.1 Å². The third kappa shape index (κ3) is 5.68. The maximum atomic E-state index is 12.1. The molecule has 0 atom stereocenters. The Hall–Kier alpha value is -0.820. The molecule has 7 heteroatoms. The molecule has 1 aromatic rings. The van der Waals surface area contributed by atoms with E-state index in [1.807, 2.05) is 19.2 Å². The average molecular weight is 281 g/mol. The molecule has 1 N–H and O–H groups in total. The van der Waals surface area contributed by atoms with Gasteiger partial charge >= 0.3 is 6.18 Å². The van der Waals surface area contributed by atoms with E-state index in [2.05, 4.69) is 10.3 Å². The van der Waals surface area contributed by atoms with Crippen LogP contribution in [-0.2, 0) is 6.54 Å². The summed E-state index contributed by atoms with van der Waals surface area (Å²) in [4.78, 5) is 5.84. The molecular formula is C11H18F3N3S. The van der Waals surface area contributed by atoms with Gasteiger partial charge in [0, 0.05) is 31.6 Å². The highest BCUT2D eigenvalue weighted by molar-refractivity contribution is 7.13. The van der Waals surface area contributed by atoms with Gasteiger partial charge in [-0.05, 0) is 0 Å². The van der Waals surface area contributed by atoms with Crippen LogP contribution in [0.25, 0.3) is 0 Å². The van der Waals surface area contributed by atoms with E-state index >= 15 is 0 Å². The van der Waals surface area contributed by atoms with Crippen molar-refractivity contribution in [3.63, 3.8) is 0 Å². The maximum absolute atomic E-state index is 12.1. The first kappa shape index (κ1) is 15.2. The predicted octanol–water partition coefficient (Wildman–Crippen LogP) is 3.03. The average Bonchev–Trinajstić information content (AvgIpc) is 2.70. The standard InChI is InChI=1S/C11H18F3N3S/c1-8(2)15-6-9-7-18-10(16-9)17(3)5-4-11(12,13)14/h7-8,15H,4-6H2,1-3H3. The normalized spacial score (nSPS) is 12.2. The topological polar surface area (TPSA) is 28.2 Å². The first-order valence-electron chi connectivity index (χ1n) is 5.73. The van der Waals surface area contributed by atoms with Crippen LogP contribution >= 0.6 is 11.3 Å². The van der Waals surface area contributed by atoms with Crippen LogP contribution in [0.3, 0.4) is 0 Å². The molecule has 0 radical (unpaired) electrons. The van der Waals surface area contributed by atoms with E-state index in [4.69, 9.17) is 0 Å². The van der Waals surface area contributed by atoms with E-state index in [0.29, 0.717) is 17.7 Å². The molecule has 0 aromatic carbocycles. The fourth-order valence-corrected chi connectivity index (χ4v) is 2.07. The molecule has 0 bridgehead atoms. The Morgan fingerprint density at radius 2 is 2.11 bits per heavy atom. The summed E-state index contributed by atoms with van der Waals surface area (Å²) in [6.45, 7) is 4.64. The lowest BCUT2D eigenvalue weighted by Gasteiger charge is -2.16. The number of hydrogen-bond donors (Lipinski definition) is 1. The van der Waals surface area contributed by atoms with Gasteiger partial charge in [-0.2, -0.15) is 13.2 Å². The van der Waals surface area contributed by atoms with E-state index in [0.717, 1.165) is 5.69 Å². The lowest BCUT2D eigenvalue weighted by molar-refractivity contribution is -0.132. The quantitative estimate of drug-likeness (QED) is 0.868. The molecular weight excluding hydrogens is 263 g/mol. The van der Waals surface area contributed by atoms with Crippen molar-refractivity contribution >= 4 is 16.5 Å². The fourth-order valence-electron chi connectivity index (χ4n) is 1.25. The van der Waals surface area contributed by atoms with Gasteiger partial charge in [0.2, 0.25) is 0 Å². The number of nitrogens with one attached hydrogen (secondary N) is 1. The van der Waals surface area contributed by atoms with Crippen LogP contribution in [0.2, 0.25) is 0 Å². The molecule has 1 heterocycles. The zero-order valence-corrected chi connectivity index (χ0v) is 11.5. The molecule has 104 valence electrons. The monoisotopic (exact) mass is 281 g/mol. The van der Waals surface area contributed by atoms with Crippen LogP contribution in [0.4, 0.5) is 18.3 Å². The number of thiazole rings is 1. The molecule has 0 unspecified atom stereocenters. The zero-order valence-electron chi connectivity index (χ0n) is 10.7. The Morgan fingerprint density at radius 3 is 2.67 bits per heavy atom. The van der Waals surface area contributed by atoms with Gasteiger partial charge in [-0.15, -0.1) is 11.3 Å².